The Morgan fingerprint density at radius 1 is 1.05 bits per heavy atom. The largest absolute Gasteiger partial charge is 0.465 e. The number of halogens is 2. The van der Waals surface area contributed by atoms with E-state index in [4.69, 9.17) is 9.47 Å². The molecule has 0 bridgehead atoms. The van der Waals surface area contributed by atoms with Crippen molar-refractivity contribution < 1.29 is 27.8 Å². The second-order valence-electron chi connectivity index (χ2n) is 14.0. The minimum absolute atomic E-state index is 0.0507. The van der Waals surface area contributed by atoms with Crippen LogP contribution in [0.25, 0.3) is 0 Å². The normalized spacial score (nSPS) is 46.5. The van der Waals surface area contributed by atoms with Gasteiger partial charge in [-0.25, -0.2) is 4.79 Å². The third-order valence-electron chi connectivity index (χ3n) is 12.4. The Morgan fingerprint density at radius 2 is 1.76 bits per heavy atom. The Bertz CT molecular complexity index is 819. The number of esters is 1. The number of fused-ring (bicyclic) bond motifs is 5. The van der Waals surface area contributed by atoms with E-state index in [1.54, 1.807) is 7.11 Å². The smallest absolute Gasteiger partial charge is 0.376 e. The van der Waals surface area contributed by atoms with E-state index in [-0.39, 0.29) is 23.4 Å². The van der Waals surface area contributed by atoms with Crippen molar-refractivity contribution in [2.75, 3.05) is 21.0 Å². The minimum Gasteiger partial charge on any atom is -0.465 e. The van der Waals surface area contributed by atoms with Crippen molar-refractivity contribution in [3.63, 3.8) is 0 Å². The van der Waals surface area contributed by atoms with Gasteiger partial charge in [-0.3, -0.25) is 0 Å². The first-order valence-electron chi connectivity index (χ1n) is 14.9. The molecule has 0 amide bonds. The van der Waals surface area contributed by atoms with E-state index < -0.39 is 18.3 Å². The van der Waals surface area contributed by atoms with Crippen LogP contribution < -0.4 is 0 Å². The minimum atomic E-state index is -3.44. The fourth-order valence-corrected chi connectivity index (χ4v) is 10.6. The molecule has 0 N–H and O–H groups in total. The molecule has 4 saturated carbocycles. The summed E-state index contributed by atoms with van der Waals surface area (Å²) in [6.07, 6.45) is 7.83. The van der Waals surface area contributed by atoms with Crippen LogP contribution in [0.4, 0.5) is 8.78 Å². The molecule has 0 radical (unpaired) electrons. The fourth-order valence-electron chi connectivity index (χ4n) is 10.6. The molecular formula is C31H52F2O4. The van der Waals surface area contributed by atoms with E-state index in [1.165, 1.54) is 19.3 Å². The van der Waals surface area contributed by atoms with Crippen LogP contribution in [-0.4, -0.2) is 39.0 Å². The number of carbonyl (C=O) groups is 1. The van der Waals surface area contributed by atoms with Crippen LogP contribution in [0.5, 0.6) is 0 Å². The molecule has 37 heavy (non-hydrogen) atoms. The molecule has 6 heteroatoms. The maximum atomic E-state index is 14.7. The van der Waals surface area contributed by atoms with Gasteiger partial charge in [-0.2, -0.15) is 8.78 Å². The molecule has 4 aliphatic carbocycles. The van der Waals surface area contributed by atoms with Crippen LogP contribution in [0.1, 0.15) is 92.9 Å². The maximum Gasteiger partial charge on any atom is 0.376 e. The molecule has 214 valence electrons. The molecule has 4 fully saturated rings. The van der Waals surface area contributed by atoms with Crippen molar-refractivity contribution >= 4 is 5.97 Å². The van der Waals surface area contributed by atoms with Gasteiger partial charge in [-0.15, -0.1) is 0 Å². The highest BCUT2D eigenvalue weighted by molar-refractivity contribution is 5.77. The number of ether oxygens (including phenoxy) is 3. The summed E-state index contributed by atoms with van der Waals surface area (Å²) < 4.78 is 45.9. The molecule has 12 atom stereocenters. The molecule has 0 aromatic heterocycles. The van der Waals surface area contributed by atoms with Crippen LogP contribution >= 0.6 is 0 Å². The van der Waals surface area contributed by atoms with Crippen molar-refractivity contribution in [3.05, 3.63) is 0 Å². The first-order valence-corrected chi connectivity index (χ1v) is 14.9. The van der Waals surface area contributed by atoms with E-state index in [2.05, 4.69) is 39.4 Å². The van der Waals surface area contributed by atoms with Crippen molar-refractivity contribution in [2.45, 2.75) is 105 Å². The van der Waals surface area contributed by atoms with Crippen molar-refractivity contribution in [1.29, 1.82) is 0 Å². The monoisotopic (exact) mass is 526 g/mol. The first-order chi connectivity index (χ1) is 17.4. The van der Waals surface area contributed by atoms with E-state index in [1.807, 2.05) is 6.92 Å². The van der Waals surface area contributed by atoms with Gasteiger partial charge in [0.1, 0.15) is 6.79 Å². The van der Waals surface area contributed by atoms with Crippen molar-refractivity contribution in [1.82, 2.24) is 0 Å². The van der Waals surface area contributed by atoms with Crippen LogP contribution in [0.15, 0.2) is 0 Å². The summed E-state index contributed by atoms with van der Waals surface area (Å²) in [5.41, 5.74) is 0.257. The van der Waals surface area contributed by atoms with Gasteiger partial charge in [0, 0.05) is 13.5 Å². The predicted molar refractivity (Wildman–Crippen MR) is 141 cm³/mol. The lowest BCUT2D eigenvalue weighted by molar-refractivity contribution is -0.241. The molecular weight excluding hydrogens is 474 g/mol. The Kier molecular flexibility index (Phi) is 8.43. The average molecular weight is 527 g/mol. The lowest BCUT2D eigenvalue weighted by Gasteiger charge is -2.67. The van der Waals surface area contributed by atoms with Gasteiger partial charge in [-0.1, -0.05) is 54.4 Å². The topological polar surface area (TPSA) is 44.8 Å². The SMILES string of the molecule is CC[C@H]1C(OCOC)C2C3CC[C@H]([C@H](C)CC(F)(F)C(=O)OC)[C@@]3(C)[C@@H](C)CC2[C@@]2(C)CC[C@@H](C)C[C@@H]12. The quantitative estimate of drug-likeness (QED) is 0.241. The molecule has 0 aromatic rings. The Labute approximate surface area is 223 Å². The summed E-state index contributed by atoms with van der Waals surface area (Å²) in [5.74, 6) is -1.13. The summed E-state index contributed by atoms with van der Waals surface area (Å²) in [4.78, 5) is 11.8. The van der Waals surface area contributed by atoms with Crippen LogP contribution in [0.3, 0.4) is 0 Å². The van der Waals surface area contributed by atoms with Gasteiger partial charge in [0.15, 0.2) is 0 Å². The number of rotatable bonds is 8. The third kappa shape index (κ3) is 4.68. The molecule has 4 unspecified atom stereocenters. The zero-order valence-electron chi connectivity index (χ0n) is 24.5. The highest BCUT2D eigenvalue weighted by Crippen LogP contribution is 2.71. The van der Waals surface area contributed by atoms with E-state index in [9.17, 15) is 13.6 Å². The lowest BCUT2D eigenvalue weighted by Crippen LogP contribution is -2.64. The Hall–Kier alpha value is -0.750. The second kappa shape index (κ2) is 10.7. The number of hydrogen-bond acceptors (Lipinski definition) is 4. The highest BCUT2D eigenvalue weighted by atomic mass is 19.3. The van der Waals surface area contributed by atoms with Crippen LogP contribution in [-0.2, 0) is 19.0 Å². The Balaban J connectivity index is 1.70. The maximum absolute atomic E-state index is 14.7. The second-order valence-corrected chi connectivity index (χ2v) is 14.0. The molecule has 0 heterocycles. The lowest BCUT2D eigenvalue weighted by atomic mass is 9.39. The number of carbonyl (C=O) groups excluding carboxylic acids is 1. The Morgan fingerprint density at radius 3 is 2.38 bits per heavy atom. The number of alkyl halides is 2. The first kappa shape index (κ1) is 29.2. The van der Waals surface area contributed by atoms with Gasteiger partial charge in [0.2, 0.25) is 0 Å². The van der Waals surface area contributed by atoms with E-state index in [0.29, 0.717) is 47.7 Å². The van der Waals surface area contributed by atoms with Gasteiger partial charge < -0.3 is 14.2 Å². The third-order valence-corrected chi connectivity index (χ3v) is 12.4. The fraction of sp³-hybridized carbons (Fsp3) is 0.968. The van der Waals surface area contributed by atoms with Crippen LogP contribution in [0, 0.1) is 64.1 Å². The van der Waals surface area contributed by atoms with Crippen LogP contribution in [0.2, 0.25) is 0 Å². The molecule has 0 aromatic carbocycles. The van der Waals surface area contributed by atoms with E-state index >= 15 is 0 Å². The average Bonchev–Trinajstić information content (AvgIpc) is 3.21. The zero-order chi connectivity index (χ0) is 27.3. The van der Waals surface area contributed by atoms with Gasteiger partial charge in [0.05, 0.1) is 13.2 Å². The van der Waals surface area contributed by atoms with E-state index in [0.717, 1.165) is 38.7 Å². The molecule has 0 spiro atoms. The number of hydrogen-bond donors (Lipinski definition) is 0. The van der Waals surface area contributed by atoms with Gasteiger partial charge in [-0.05, 0) is 96.2 Å². The summed E-state index contributed by atoms with van der Waals surface area (Å²) >= 11 is 0. The van der Waals surface area contributed by atoms with Gasteiger partial charge in [0.25, 0.3) is 0 Å². The summed E-state index contributed by atoms with van der Waals surface area (Å²) in [6, 6.07) is 0. The zero-order valence-corrected chi connectivity index (χ0v) is 24.5. The molecule has 4 rings (SSSR count). The molecule has 0 aliphatic heterocycles. The summed E-state index contributed by atoms with van der Waals surface area (Å²) in [6.45, 7) is 14.3. The molecule has 4 nitrogen and oxygen atoms in total. The van der Waals surface area contributed by atoms with Crippen molar-refractivity contribution in [2.24, 2.45) is 64.1 Å². The van der Waals surface area contributed by atoms with Gasteiger partial charge >= 0.3 is 11.9 Å². The number of methoxy groups -OCH3 is 2. The highest BCUT2D eigenvalue weighted by Gasteiger charge is 2.67. The molecule has 4 aliphatic rings. The van der Waals surface area contributed by atoms with Crippen molar-refractivity contribution in [3.8, 4) is 0 Å². The summed E-state index contributed by atoms with van der Waals surface area (Å²) in [5, 5.41) is 0. The summed E-state index contributed by atoms with van der Waals surface area (Å²) in [7, 11) is 2.75. The standard InChI is InChI=1S/C31H52F2O4/c1-9-21-24-14-18(2)12-13-29(24,5)25-15-20(4)30(6)22(19(3)16-31(32,33)28(34)36-8)10-11-23(30)26(25)27(21)37-17-35-7/h18-27H,9-17H2,1-8H3/t18-,19-,20+,21-,22-,23?,24+,25?,26?,27?,29+,30-/m1/s1. The molecule has 0 saturated heterocycles. The predicted octanol–water partition coefficient (Wildman–Crippen LogP) is 7.60.